The van der Waals surface area contributed by atoms with Crippen molar-refractivity contribution in [3.8, 4) is 0 Å². The van der Waals surface area contributed by atoms with Crippen molar-refractivity contribution in [2.45, 2.75) is 51.0 Å². The first-order valence-electron chi connectivity index (χ1n) is 13.3. The molecule has 194 valence electrons. The van der Waals surface area contributed by atoms with Crippen LogP contribution in [-0.2, 0) is 4.74 Å². The van der Waals surface area contributed by atoms with Crippen LogP contribution in [-0.4, -0.2) is 23.6 Å². The summed E-state index contributed by atoms with van der Waals surface area (Å²) in [6.07, 6.45) is 7.55. The fraction of sp³-hybridized carbons (Fsp3) is 0.323. The summed E-state index contributed by atoms with van der Waals surface area (Å²) in [5.41, 5.74) is 8.30. The maximum atomic E-state index is 13.6. The molecule has 0 aromatic heterocycles. The zero-order chi connectivity index (χ0) is 26.4. The molecule has 38 heavy (non-hydrogen) atoms. The van der Waals surface area contributed by atoms with Crippen LogP contribution in [0.15, 0.2) is 54.6 Å². The van der Waals surface area contributed by atoms with Gasteiger partial charge in [0.1, 0.15) is 6.10 Å². The van der Waals surface area contributed by atoms with Gasteiger partial charge in [0.2, 0.25) is 0 Å². The molecule has 0 amide bonds. The molecule has 2 fully saturated rings. The second-order valence-corrected chi connectivity index (χ2v) is 11.1. The average molecular weight is 529 g/mol. The highest BCUT2D eigenvalue weighted by atomic mass is 35.5. The molecule has 3 aliphatic rings. The summed E-state index contributed by atoms with van der Waals surface area (Å²) in [6, 6.07) is 15.1. The van der Waals surface area contributed by atoms with Gasteiger partial charge >= 0.3 is 5.97 Å². The number of nitrogens with one attached hydrogen (secondary N) is 1. The van der Waals surface area contributed by atoms with E-state index in [9.17, 15) is 14.4 Å². The molecular weight excluding hydrogens is 500 g/mol. The second kappa shape index (κ2) is 9.91. The number of hydrogen-bond donors (Lipinski definition) is 2. The minimum atomic E-state index is -0.567. The number of hydrogen-bond acceptors (Lipinski definition) is 6. The van der Waals surface area contributed by atoms with E-state index in [-0.39, 0.29) is 45.6 Å². The van der Waals surface area contributed by atoms with Crippen LogP contribution in [0.3, 0.4) is 0 Å². The maximum absolute atomic E-state index is 13.6. The predicted molar refractivity (Wildman–Crippen MR) is 147 cm³/mol. The van der Waals surface area contributed by atoms with Gasteiger partial charge in [-0.15, -0.1) is 0 Å². The first-order chi connectivity index (χ1) is 18.4. The Morgan fingerprint density at radius 1 is 0.868 bits per heavy atom. The summed E-state index contributed by atoms with van der Waals surface area (Å²) in [7, 11) is 0. The van der Waals surface area contributed by atoms with Crippen LogP contribution in [0.5, 0.6) is 0 Å². The number of carbonyl (C=O) groups excluding carboxylic acids is 3. The molecule has 0 heterocycles. The molecular formula is C31H29ClN2O4. The number of fused-ring (bicyclic) bond motifs is 3. The van der Waals surface area contributed by atoms with E-state index >= 15 is 0 Å². The van der Waals surface area contributed by atoms with Crippen LogP contribution < -0.4 is 11.1 Å². The fourth-order valence-electron chi connectivity index (χ4n) is 6.43. The van der Waals surface area contributed by atoms with Crippen molar-refractivity contribution in [1.29, 1.82) is 0 Å². The third-order valence-corrected chi connectivity index (χ3v) is 8.60. The molecule has 2 saturated carbocycles. The van der Waals surface area contributed by atoms with Crippen molar-refractivity contribution in [2.24, 2.45) is 11.8 Å². The molecule has 1 unspecified atom stereocenters. The Labute approximate surface area is 226 Å². The Morgan fingerprint density at radius 3 is 2.24 bits per heavy atom. The number of anilines is 3. The van der Waals surface area contributed by atoms with Crippen LogP contribution in [0.25, 0.3) is 0 Å². The highest BCUT2D eigenvalue weighted by Crippen LogP contribution is 2.43. The van der Waals surface area contributed by atoms with Crippen molar-refractivity contribution in [3.05, 3.63) is 87.4 Å². The molecule has 3 aliphatic carbocycles. The minimum Gasteiger partial charge on any atom is -0.459 e. The van der Waals surface area contributed by atoms with Gasteiger partial charge < -0.3 is 15.8 Å². The molecule has 0 saturated heterocycles. The highest BCUT2D eigenvalue weighted by molar-refractivity contribution is 6.33. The summed E-state index contributed by atoms with van der Waals surface area (Å²) >= 11 is 6.05. The number of ether oxygens (including phenoxy) is 1. The maximum Gasteiger partial charge on any atom is 0.340 e. The van der Waals surface area contributed by atoms with Gasteiger partial charge in [0.15, 0.2) is 11.6 Å². The van der Waals surface area contributed by atoms with Gasteiger partial charge in [-0.3, -0.25) is 9.59 Å². The summed E-state index contributed by atoms with van der Waals surface area (Å²) in [5.74, 6) is 0.0429. The molecule has 3 aromatic rings. The quantitative estimate of drug-likeness (QED) is 0.219. The highest BCUT2D eigenvalue weighted by Gasteiger charge is 2.37. The Kier molecular flexibility index (Phi) is 6.44. The van der Waals surface area contributed by atoms with E-state index in [0.717, 1.165) is 25.2 Å². The Bertz CT molecular complexity index is 1450. The molecule has 3 aromatic carbocycles. The normalized spacial score (nSPS) is 22.2. The van der Waals surface area contributed by atoms with E-state index in [1.165, 1.54) is 31.7 Å². The summed E-state index contributed by atoms with van der Waals surface area (Å²) < 4.78 is 5.99. The van der Waals surface area contributed by atoms with Crippen molar-refractivity contribution in [2.75, 3.05) is 11.1 Å². The lowest BCUT2D eigenvalue weighted by atomic mass is 9.70. The Hall–Kier alpha value is -3.64. The molecule has 6 nitrogen and oxygen atoms in total. The lowest BCUT2D eigenvalue weighted by molar-refractivity contribution is -0.000834. The van der Waals surface area contributed by atoms with Crippen molar-refractivity contribution in [3.63, 3.8) is 0 Å². The standard InChI is InChI=1S/C31H29ClN2O4/c32-19-10-12-20(13-11-19)34-25-16-24(31(37)38-21-14-9-17-5-1-2-6-18(17)15-21)28(33)27-26(25)29(35)22-7-3-4-8-23(22)30(27)36/h3-4,7-8,10-13,16-18,21,34H,1-2,5-6,9,14-15,33H2/t17-,18?,21+/m0/s1. The molecule has 3 N–H and O–H groups in total. The third-order valence-electron chi connectivity index (χ3n) is 8.35. The van der Waals surface area contributed by atoms with Gasteiger partial charge in [-0.1, -0.05) is 61.5 Å². The van der Waals surface area contributed by atoms with Crippen molar-refractivity contribution < 1.29 is 19.1 Å². The smallest absolute Gasteiger partial charge is 0.340 e. The first kappa shape index (κ1) is 24.7. The van der Waals surface area contributed by atoms with E-state index in [0.29, 0.717) is 27.9 Å². The predicted octanol–water partition coefficient (Wildman–Crippen LogP) is 6.96. The van der Waals surface area contributed by atoms with Crippen molar-refractivity contribution >= 4 is 46.2 Å². The van der Waals surface area contributed by atoms with Gasteiger partial charge in [0.25, 0.3) is 0 Å². The number of rotatable bonds is 4. The molecule has 6 rings (SSSR count). The number of carbonyl (C=O) groups is 3. The molecule has 0 spiro atoms. The van der Waals surface area contributed by atoms with E-state index in [1.54, 1.807) is 48.5 Å². The molecule has 0 radical (unpaired) electrons. The van der Waals surface area contributed by atoms with Gasteiger partial charge in [0.05, 0.1) is 28.1 Å². The van der Waals surface area contributed by atoms with E-state index in [2.05, 4.69) is 5.32 Å². The van der Waals surface area contributed by atoms with Gasteiger partial charge in [-0.2, -0.15) is 0 Å². The lowest BCUT2D eigenvalue weighted by Crippen LogP contribution is -2.33. The Morgan fingerprint density at radius 2 is 1.53 bits per heavy atom. The van der Waals surface area contributed by atoms with Crippen LogP contribution in [0.1, 0.15) is 87.1 Å². The monoisotopic (exact) mass is 528 g/mol. The van der Waals surface area contributed by atoms with Gasteiger partial charge in [-0.05, 0) is 61.4 Å². The zero-order valence-corrected chi connectivity index (χ0v) is 21.7. The molecule has 0 aliphatic heterocycles. The van der Waals surface area contributed by atoms with Gasteiger partial charge in [-0.25, -0.2) is 4.79 Å². The second-order valence-electron chi connectivity index (χ2n) is 10.6. The number of halogens is 1. The lowest BCUT2D eigenvalue weighted by Gasteiger charge is -2.38. The number of nitrogen functional groups attached to an aromatic ring is 1. The zero-order valence-electron chi connectivity index (χ0n) is 21.0. The first-order valence-corrected chi connectivity index (χ1v) is 13.7. The third kappa shape index (κ3) is 4.37. The number of esters is 1. The summed E-state index contributed by atoms with van der Waals surface area (Å²) in [6.45, 7) is 0. The van der Waals surface area contributed by atoms with Crippen LogP contribution in [0.4, 0.5) is 17.1 Å². The molecule has 3 atom stereocenters. The largest absolute Gasteiger partial charge is 0.459 e. The topological polar surface area (TPSA) is 98.5 Å². The van der Waals surface area contributed by atoms with E-state index in [1.807, 2.05) is 0 Å². The van der Waals surface area contributed by atoms with Gasteiger partial charge in [0, 0.05) is 21.8 Å². The Balaban J connectivity index is 1.39. The van der Waals surface area contributed by atoms with Crippen LogP contribution >= 0.6 is 11.6 Å². The fourth-order valence-corrected chi connectivity index (χ4v) is 6.55. The number of ketones is 2. The molecule has 0 bridgehead atoms. The average Bonchev–Trinajstić information content (AvgIpc) is 2.93. The summed E-state index contributed by atoms with van der Waals surface area (Å²) in [4.78, 5) is 40.8. The number of benzene rings is 3. The van der Waals surface area contributed by atoms with E-state index < -0.39 is 5.97 Å². The SMILES string of the molecule is Nc1c(C(=O)O[C@@H]2CC[C@@H]3CCCCC3C2)cc(Nc2ccc(Cl)cc2)c2c1C(=O)c1ccccc1C2=O. The van der Waals surface area contributed by atoms with Crippen LogP contribution in [0, 0.1) is 11.8 Å². The minimum absolute atomic E-state index is 0.0224. The van der Waals surface area contributed by atoms with E-state index in [4.69, 9.17) is 22.1 Å². The van der Waals surface area contributed by atoms with Crippen molar-refractivity contribution in [1.82, 2.24) is 0 Å². The van der Waals surface area contributed by atoms with Crippen LogP contribution in [0.2, 0.25) is 5.02 Å². The number of nitrogens with two attached hydrogens (primary N) is 1. The molecule has 7 heteroatoms. The summed E-state index contributed by atoms with van der Waals surface area (Å²) in [5, 5.41) is 3.77.